The number of nitrogens with two attached hydrogens (primary N) is 1. The number of nitrogens with one attached hydrogen (secondary N) is 1. The molecule has 14 heteroatoms. The number of hydrogen-bond acceptors (Lipinski definition) is 12. The Bertz CT molecular complexity index is 1510. The fourth-order valence-corrected chi connectivity index (χ4v) is 7.46. The van der Waals surface area contributed by atoms with Gasteiger partial charge in [-0.05, 0) is 80.1 Å². The highest BCUT2D eigenvalue weighted by Gasteiger charge is 2.55. The molecule has 3 N–H and O–H groups in total. The molecule has 0 unspecified atom stereocenters. The topological polar surface area (TPSA) is 162 Å². The Kier molecular flexibility index (Phi) is 14.4. The van der Waals surface area contributed by atoms with Crippen LogP contribution in [0.25, 0.3) is 0 Å². The molecule has 4 aliphatic rings. The van der Waals surface area contributed by atoms with Crippen molar-refractivity contribution in [1.82, 2.24) is 20.2 Å². The highest BCUT2D eigenvalue weighted by Crippen LogP contribution is 2.47. The summed E-state index contributed by atoms with van der Waals surface area (Å²) in [4.78, 5) is 55.1. The molecule has 1 aromatic rings. The van der Waals surface area contributed by atoms with Gasteiger partial charge in [0.2, 0.25) is 18.1 Å². The van der Waals surface area contributed by atoms with Crippen molar-refractivity contribution in [1.29, 1.82) is 0 Å². The summed E-state index contributed by atoms with van der Waals surface area (Å²) in [5.41, 5.74) is 7.00. The highest BCUT2D eigenvalue weighted by molar-refractivity contribution is 6.08. The number of carbonyl (C=O) groups is 3. The maximum absolute atomic E-state index is 14.7. The van der Waals surface area contributed by atoms with Crippen LogP contribution in [0.1, 0.15) is 117 Å². The molecule has 2 saturated carbocycles. The van der Waals surface area contributed by atoms with Gasteiger partial charge in [0.15, 0.2) is 12.6 Å². The number of anilines is 2. The van der Waals surface area contributed by atoms with Crippen molar-refractivity contribution < 1.29 is 33.3 Å². The van der Waals surface area contributed by atoms with Gasteiger partial charge >= 0.3 is 6.09 Å². The van der Waals surface area contributed by atoms with E-state index in [-0.39, 0.29) is 41.4 Å². The summed E-state index contributed by atoms with van der Waals surface area (Å²) in [5, 5.41) is 2.75. The predicted octanol–water partition coefficient (Wildman–Crippen LogP) is 5.16. The zero-order valence-electron chi connectivity index (χ0n) is 33.6. The van der Waals surface area contributed by atoms with Gasteiger partial charge in [0.1, 0.15) is 17.1 Å². The third-order valence-corrected chi connectivity index (χ3v) is 10.3. The number of ether oxygens (including phenoxy) is 4. The van der Waals surface area contributed by atoms with E-state index < -0.39 is 11.4 Å². The van der Waals surface area contributed by atoms with Gasteiger partial charge in [-0.2, -0.15) is 4.98 Å². The van der Waals surface area contributed by atoms with Gasteiger partial charge in [-0.15, -0.1) is 12.8 Å². The molecule has 2 amide bonds. The lowest BCUT2D eigenvalue weighted by atomic mass is 9.78. The number of rotatable bonds is 15. The Balaban J connectivity index is 0.00000319. The molecular formula is C40H63N7O7. The summed E-state index contributed by atoms with van der Waals surface area (Å²) in [6.07, 6.45) is 15.5. The lowest BCUT2D eigenvalue weighted by molar-refractivity contribution is -0.421. The number of piperazine rings is 1. The lowest BCUT2D eigenvalue weighted by Crippen LogP contribution is -2.58. The van der Waals surface area contributed by atoms with Crippen molar-refractivity contribution in [2.24, 2.45) is 11.7 Å². The van der Waals surface area contributed by atoms with Crippen molar-refractivity contribution >= 4 is 30.1 Å². The molecular weight excluding hydrogens is 690 g/mol. The van der Waals surface area contributed by atoms with Gasteiger partial charge < -0.3 is 39.8 Å². The minimum Gasteiger partial charge on any atom is -0.444 e. The third kappa shape index (κ3) is 10.6. The number of Topliss-reactive ketones (excluding diaryl/α,β-unsaturated/α-hetero) is 1. The molecule has 5 rings (SSSR count). The standard InChI is InChI=1S/C38H61N7O7.C2H2/c1-8-12-27(31(39)28-13-9-10-14-38(28)50-26-51-38)32(47)29-23-30(44-20-21-45(37(24-44)15-16-37)34(48)52-36(5,6)7)42-33(41-29)43(19-17-40-25-46)18-11-22-49-35(2,3)4;1-2/h23,25,28H,8-22,24,26,39H2,1-7H3,(H,40,46);1-2H/b31-27-;/t28-;/m1./s1. The van der Waals surface area contributed by atoms with Crippen molar-refractivity contribution in [3.8, 4) is 12.8 Å². The van der Waals surface area contributed by atoms with E-state index in [1.807, 2.05) is 58.3 Å². The van der Waals surface area contributed by atoms with E-state index in [0.717, 1.165) is 44.9 Å². The first-order valence-electron chi connectivity index (χ1n) is 19.5. The first-order chi connectivity index (χ1) is 25.6. The lowest BCUT2D eigenvalue weighted by Gasteiger charge is -2.49. The second-order valence-corrected chi connectivity index (χ2v) is 16.6. The number of ketones is 1. The van der Waals surface area contributed by atoms with Crippen LogP contribution >= 0.6 is 0 Å². The first kappa shape index (κ1) is 42.8. The summed E-state index contributed by atoms with van der Waals surface area (Å²) in [5.74, 6) is -0.228. The van der Waals surface area contributed by atoms with Crippen molar-refractivity contribution in [2.75, 3.05) is 62.5 Å². The summed E-state index contributed by atoms with van der Waals surface area (Å²) in [6, 6.07) is 1.77. The Hall–Kier alpha value is -3.93. The molecule has 0 aromatic carbocycles. The Labute approximate surface area is 321 Å². The second-order valence-electron chi connectivity index (χ2n) is 16.6. The molecule has 2 aliphatic heterocycles. The number of allylic oxidation sites excluding steroid dienone is 1. The van der Waals surface area contributed by atoms with E-state index in [1.165, 1.54) is 0 Å². The summed E-state index contributed by atoms with van der Waals surface area (Å²) in [7, 11) is 0. The minimum absolute atomic E-state index is 0.217. The minimum atomic E-state index is -0.770. The molecule has 3 heterocycles. The van der Waals surface area contributed by atoms with Crippen LogP contribution in [0.2, 0.25) is 0 Å². The highest BCUT2D eigenvalue weighted by atomic mass is 16.9. The Morgan fingerprint density at radius 2 is 1.80 bits per heavy atom. The number of carbonyl (C=O) groups excluding carboxylic acids is 3. The predicted molar refractivity (Wildman–Crippen MR) is 208 cm³/mol. The van der Waals surface area contributed by atoms with E-state index >= 15 is 0 Å². The van der Waals surface area contributed by atoms with E-state index in [9.17, 15) is 14.4 Å². The molecule has 300 valence electrons. The molecule has 14 nitrogen and oxygen atoms in total. The molecule has 2 spiro atoms. The molecule has 1 atom stereocenters. The van der Waals surface area contributed by atoms with Crippen molar-refractivity contribution in [3.05, 3.63) is 23.0 Å². The van der Waals surface area contributed by atoms with Gasteiger partial charge in [-0.25, -0.2) is 9.78 Å². The summed E-state index contributed by atoms with van der Waals surface area (Å²) < 4.78 is 23.7. The molecule has 4 fully saturated rings. The van der Waals surface area contributed by atoms with Gasteiger partial charge in [-0.3, -0.25) is 14.5 Å². The third-order valence-electron chi connectivity index (χ3n) is 10.3. The van der Waals surface area contributed by atoms with Crippen molar-refractivity contribution in [2.45, 2.75) is 129 Å². The average Bonchev–Trinajstić information content (AvgIpc) is 3.88. The number of aromatic nitrogens is 2. The maximum Gasteiger partial charge on any atom is 0.410 e. The number of nitrogens with zero attached hydrogens (tertiary/aromatic N) is 5. The molecule has 0 bridgehead atoms. The summed E-state index contributed by atoms with van der Waals surface area (Å²) >= 11 is 0. The van der Waals surface area contributed by atoms with Crippen LogP contribution in [0, 0.1) is 18.8 Å². The van der Waals surface area contributed by atoms with Gasteiger partial charge in [0.05, 0.1) is 17.1 Å². The van der Waals surface area contributed by atoms with Crippen LogP contribution < -0.4 is 20.9 Å². The molecule has 2 saturated heterocycles. The van der Waals surface area contributed by atoms with Crippen LogP contribution in [-0.4, -0.2) is 108 Å². The van der Waals surface area contributed by atoms with Gasteiger partial charge in [-0.1, -0.05) is 19.8 Å². The second kappa shape index (κ2) is 18.1. The van der Waals surface area contributed by atoms with E-state index in [0.29, 0.717) is 88.2 Å². The first-order valence-corrected chi connectivity index (χ1v) is 19.5. The quantitative estimate of drug-likeness (QED) is 0.0797. The smallest absolute Gasteiger partial charge is 0.410 e. The fourth-order valence-electron chi connectivity index (χ4n) is 7.46. The monoisotopic (exact) mass is 753 g/mol. The van der Waals surface area contributed by atoms with Gasteiger partial charge in [0.25, 0.3) is 0 Å². The zero-order chi connectivity index (χ0) is 39.7. The number of terminal acetylenes is 1. The number of hydrogen-bond donors (Lipinski definition) is 2. The van der Waals surface area contributed by atoms with E-state index in [2.05, 4.69) is 23.1 Å². The molecule has 54 heavy (non-hydrogen) atoms. The van der Waals surface area contributed by atoms with Crippen molar-refractivity contribution in [3.63, 3.8) is 0 Å². The van der Waals surface area contributed by atoms with E-state index in [4.69, 9.17) is 34.6 Å². The molecule has 2 aliphatic carbocycles. The van der Waals surface area contributed by atoms with Crippen LogP contribution in [0.4, 0.5) is 16.6 Å². The number of amides is 2. The SMILES string of the molecule is C#C.CCC/C(C(=O)c1cc(N2CCN(C(=O)OC(C)(C)C)C3(CC3)C2)nc(N(CCCOC(C)(C)C)CCNC=O)n1)=C(/N)[C@H]1CCCCC12OCO2. The van der Waals surface area contributed by atoms with Gasteiger partial charge in [0, 0.05) is 69.6 Å². The fraction of sp³-hybridized carbons (Fsp3) is 0.725. The van der Waals surface area contributed by atoms with Crippen LogP contribution in [0.3, 0.4) is 0 Å². The van der Waals surface area contributed by atoms with E-state index in [1.54, 1.807) is 6.07 Å². The Morgan fingerprint density at radius 1 is 1.07 bits per heavy atom. The van der Waals surface area contributed by atoms with Crippen LogP contribution in [0.15, 0.2) is 17.3 Å². The van der Waals surface area contributed by atoms with Crippen LogP contribution in [-0.2, 0) is 23.7 Å². The normalized spacial score (nSPS) is 20.6. The van der Waals surface area contributed by atoms with Crippen LogP contribution in [0.5, 0.6) is 0 Å². The zero-order valence-corrected chi connectivity index (χ0v) is 33.6. The average molecular weight is 754 g/mol. The Morgan fingerprint density at radius 3 is 2.39 bits per heavy atom. The largest absolute Gasteiger partial charge is 0.444 e. The molecule has 1 aromatic heterocycles. The summed E-state index contributed by atoms with van der Waals surface area (Å²) in [6.45, 7) is 17.4. The maximum atomic E-state index is 14.7. The molecule has 0 radical (unpaired) electrons.